The number of hydrogen-bond donors (Lipinski definition) is 1. The van der Waals surface area contributed by atoms with Crippen molar-refractivity contribution in [3.63, 3.8) is 0 Å². The Hall–Kier alpha value is -2.17. The monoisotopic (exact) mass is 249 g/mol. The molecule has 0 radical (unpaired) electrons. The van der Waals surface area contributed by atoms with Gasteiger partial charge < -0.3 is 10.0 Å². The molecule has 5 heteroatoms. The van der Waals surface area contributed by atoms with Gasteiger partial charge in [-0.15, -0.1) is 0 Å². The number of halogens is 1. The first-order chi connectivity index (χ1) is 8.50. The van der Waals surface area contributed by atoms with Crippen molar-refractivity contribution in [1.29, 1.82) is 0 Å². The summed E-state index contributed by atoms with van der Waals surface area (Å²) >= 11 is 0. The second-order valence-electron chi connectivity index (χ2n) is 4.15. The van der Waals surface area contributed by atoms with Crippen LogP contribution in [0.15, 0.2) is 30.4 Å². The molecular weight excluding hydrogens is 237 g/mol. The molecule has 1 heterocycles. The highest BCUT2D eigenvalue weighted by Crippen LogP contribution is 2.18. The van der Waals surface area contributed by atoms with Gasteiger partial charge in [0.05, 0.1) is 5.56 Å². The Morgan fingerprint density at radius 3 is 2.83 bits per heavy atom. The van der Waals surface area contributed by atoms with Crippen molar-refractivity contribution in [2.24, 2.45) is 0 Å². The van der Waals surface area contributed by atoms with Crippen LogP contribution in [-0.4, -0.2) is 34.5 Å². The number of carbonyl (C=O) groups excluding carboxylic acids is 1. The number of carbonyl (C=O) groups is 2. The molecule has 1 amide bonds. The molecule has 1 atom stereocenters. The van der Waals surface area contributed by atoms with Gasteiger partial charge in [0.25, 0.3) is 5.91 Å². The molecule has 1 aromatic rings. The predicted molar refractivity (Wildman–Crippen MR) is 62.7 cm³/mol. The third kappa shape index (κ3) is 2.11. The Kier molecular flexibility index (Phi) is 3.14. The fraction of sp³-hybridized carbons (Fsp3) is 0.231. The molecule has 0 saturated carbocycles. The Balaban J connectivity index is 2.32. The second-order valence-corrected chi connectivity index (χ2v) is 4.15. The van der Waals surface area contributed by atoms with Gasteiger partial charge in [-0.25, -0.2) is 9.18 Å². The van der Waals surface area contributed by atoms with E-state index in [9.17, 15) is 14.0 Å². The zero-order valence-electron chi connectivity index (χ0n) is 9.76. The van der Waals surface area contributed by atoms with Crippen LogP contribution in [0.5, 0.6) is 0 Å². The highest BCUT2D eigenvalue weighted by atomic mass is 19.1. The first-order valence-electron chi connectivity index (χ1n) is 5.47. The minimum atomic E-state index is -1.12. The van der Waals surface area contributed by atoms with Crippen LogP contribution >= 0.6 is 0 Å². The number of rotatable bonds is 2. The standard InChI is InChI=1S/C13H12FNO3/c1-8-4-5-10(14)9(7-8)12(16)15-6-2-3-11(15)13(17)18/h2-5,7,11H,6H2,1H3,(H,17,18). The van der Waals surface area contributed by atoms with Crippen molar-refractivity contribution in [2.75, 3.05) is 6.54 Å². The van der Waals surface area contributed by atoms with Crippen molar-refractivity contribution < 1.29 is 19.1 Å². The molecule has 2 rings (SSSR count). The molecule has 0 bridgehead atoms. The lowest BCUT2D eigenvalue weighted by molar-refractivity contribution is -0.140. The summed E-state index contributed by atoms with van der Waals surface area (Å²) in [7, 11) is 0. The molecule has 0 aromatic heterocycles. The third-order valence-corrected chi connectivity index (χ3v) is 2.82. The molecule has 0 aliphatic carbocycles. The number of nitrogens with zero attached hydrogens (tertiary/aromatic N) is 1. The van der Waals surface area contributed by atoms with Crippen LogP contribution in [0, 0.1) is 12.7 Å². The molecule has 1 aliphatic heterocycles. The summed E-state index contributed by atoms with van der Waals surface area (Å²) in [6, 6.07) is 3.18. The fourth-order valence-corrected chi connectivity index (χ4v) is 1.90. The van der Waals surface area contributed by atoms with E-state index in [1.807, 2.05) is 0 Å². The topological polar surface area (TPSA) is 57.6 Å². The van der Waals surface area contributed by atoms with Gasteiger partial charge in [0.2, 0.25) is 0 Å². The van der Waals surface area contributed by atoms with E-state index < -0.39 is 23.7 Å². The maximum atomic E-state index is 13.6. The Morgan fingerprint density at radius 2 is 2.17 bits per heavy atom. The summed E-state index contributed by atoms with van der Waals surface area (Å²) in [5.41, 5.74) is 0.656. The van der Waals surface area contributed by atoms with Crippen LogP contribution in [-0.2, 0) is 4.79 Å². The quantitative estimate of drug-likeness (QED) is 0.810. The van der Waals surface area contributed by atoms with E-state index in [1.54, 1.807) is 19.1 Å². The Bertz CT molecular complexity index is 539. The van der Waals surface area contributed by atoms with E-state index in [2.05, 4.69) is 0 Å². The molecule has 1 aromatic carbocycles. The molecule has 1 aliphatic rings. The van der Waals surface area contributed by atoms with Crippen LogP contribution in [0.1, 0.15) is 15.9 Å². The largest absolute Gasteiger partial charge is 0.479 e. The molecule has 0 spiro atoms. The predicted octanol–water partition coefficient (Wildman–Crippen LogP) is 1.60. The van der Waals surface area contributed by atoms with E-state index >= 15 is 0 Å². The summed E-state index contributed by atoms with van der Waals surface area (Å²) in [6.45, 7) is 1.93. The summed E-state index contributed by atoms with van der Waals surface area (Å²) in [4.78, 5) is 24.2. The minimum absolute atomic E-state index is 0.0926. The van der Waals surface area contributed by atoms with E-state index in [-0.39, 0.29) is 12.1 Å². The number of carboxylic acids is 1. The molecule has 0 fully saturated rings. The molecule has 0 saturated heterocycles. The van der Waals surface area contributed by atoms with Crippen LogP contribution in [0.3, 0.4) is 0 Å². The van der Waals surface area contributed by atoms with Crippen molar-refractivity contribution in [3.05, 3.63) is 47.3 Å². The van der Waals surface area contributed by atoms with Gasteiger partial charge in [-0.2, -0.15) is 0 Å². The van der Waals surface area contributed by atoms with E-state index in [1.165, 1.54) is 18.2 Å². The van der Waals surface area contributed by atoms with Gasteiger partial charge in [-0.05, 0) is 19.1 Å². The van der Waals surface area contributed by atoms with E-state index in [0.717, 1.165) is 10.5 Å². The van der Waals surface area contributed by atoms with Crippen molar-refractivity contribution in [3.8, 4) is 0 Å². The van der Waals surface area contributed by atoms with Crippen LogP contribution < -0.4 is 0 Å². The van der Waals surface area contributed by atoms with Gasteiger partial charge >= 0.3 is 5.97 Å². The Morgan fingerprint density at radius 1 is 1.44 bits per heavy atom. The second kappa shape index (κ2) is 4.60. The first kappa shape index (κ1) is 12.3. The normalized spacial score (nSPS) is 18.1. The fourth-order valence-electron chi connectivity index (χ4n) is 1.90. The number of aryl methyl sites for hydroxylation is 1. The maximum Gasteiger partial charge on any atom is 0.330 e. The van der Waals surface area contributed by atoms with E-state index in [4.69, 9.17) is 5.11 Å². The average molecular weight is 249 g/mol. The summed E-state index contributed by atoms with van der Waals surface area (Å²) in [5.74, 6) is -2.36. The van der Waals surface area contributed by atoms with Gasteiger partial charge in [0.1, 0.15) is 11.9 Å². The first-order valence-corrected chi connectivity index (χ1v) is 5.47. The van der Waals surface area contributed by atoms with Gasteiger partial charge in [-0.3, -0.25) is 4.79 Å². The van der Waals surface area contributed by atoms with Crippen LogP contribution in [0.25, 0.3) is 0 Å². The van der Waals surface area contributed by atoms with Gasteiger partial charge in [-0.1, -0.05) is 23.8 Å². The zero-order valence-corrected chi connectivity index (χ0v) is 9.76. The average Bonchev–Trinajstić information content (AvgIpc) is 2.80. The summed E-state index contributed by atoms with van der Waals surface area (Å²) < 4.78 is 13.6. The maximum absolute atomic E-state index is 13.6. The highest BCUT2D eigenvalue weighted by Gasteiger charge is 2.31. The molecule has 18 heavy (non-hydrogen) atoms. The molecule has 1 N–H and O–H groups in total. The summed E-state index contributed by atoms with van der Waals surface area (Å²) in [6.07, 6.45) is 3.01. The SMILES string of the molecule is Cc1ccc(F)c(C(=O)N2CC=CC2C(=O)O)c1. The molecular formula is C13H12FNO3. The smallest absolute Gasteiger partial charge is 0.330 e. The van der Waals surface area contributed by atoms with Crippen molar-refractivity contribution >= 4 is 11.9 Å². The third-order valence-electron chi connectivity index (χ3n) is 2.82. The number of benzene rings is 1. The van der Waals surface area contributed by atoms with Gasteiger partial charge in [0.15, 0.2) is 0 Å². The molecule has 94 valence electrons. The lowest BCUT2D eigenvalue weighted by Crippen LogP contribution is -2.41. The highest BCUT2D eigenvalue weighted by molar-refractivity contribution is 5.98. The lowest BCUT2D eigenvalue weighted by Gasteiger charge is -2.21. The van der Waals surface area contributed by atoms with E-state index in [0.29, 0.717) is 0 Å². The minimum Gasteiger partial charge on any atom is -0.479 e. The molecule has 1 unspecified atom stereocenters. The summed E-state index contributed by atoms with van der Waals surface area (Å²) in [5, 5.41) is 8.96. The number of amides is 1. The van der Waals surface area contributed by atoms with Gasteiger partial charge in [0, 0.05) is 6.54 Å². The number of aliphatic carboxylic acids is 1. The van der Waals surface area contributed by atoms with Crippen LogP contribution in [0.4, 0.5) is 4.39 Å². The number of hydrogen-bond acceptors (Lipinski definition) is 2. The van der Waals surface area contributed by atoms with Crippen LogP contribution in [0.2, 0.25) is 0 Å². The zero-order chi connectivity index (χ0) is 13.3. The molecule has 4 nitrogen and oxygen atoms in total. The lowest BCUT2D eigenvalue weighted by atomic mass is 10.1. The van der Waals surface area contributed by atoms with Crippen molar-refractivity contribution in [2.45, 2.75) is 13.0 Å². The Labute approximate surface area is 103 Å². The van der Waals surface area contributed by atoms with Crippen molar-refractivity contribution in [1.82, 2.24) is 4.90 Å². The number of carboxylic acid groups (broad SMARTS) is 1.